The Balaban J connectivity index is 1.58. The van der Waals surface area contributed by atoms with Crippen molar-refractivity contribution in [2.75, 3.05) is 18.0 Å². The van der Waals surface area contributed by atoms with Gasteiger partial charge in [-0.15, -0.1) is 0 Å². The summed E-state index contributed by atoms with van der Waals surface area (Å²) in [7, 11) is 0. The van der Waals surface area contributed by atoms with Crippen LogP contribution in [-0.4, -0.2) is 45.9 Å². The molecule has 0 radical (unpaired) electrons. The largest absolute Gasteiger partial charge is 0.383 e. The van der Waals surface area contributed by atoms with Crippen LogP contribution in [0.15, 0.2) is 30.5 Å². The summed E-state index contributed by atoms with van der Waals surface area (Å²) in [6, 6.07) is 6.23. The third-order valence-corrected chi connectivity index (χ3v) is 4.52. The van der Waals surface area contributed by atoms with Gasteiger partial charge in [-0.2, -0.15) is 0 Å². The second kappa shape index (κ2) is 6.38. The quantitative estimate of drug-likeness (QED) is 0.761. The van der Waals surface area contributed by atoms with E-state index in [9.17, 15) is 14.4 Å². The van der Waals surface area contributed by atoms with Gasteiger partial charge in [-0.25, -0.2) is 14.8 Å². The zero-order valence-electron chi connectivity index (χ0n) is 13.5. The summed E-state index contributed by atoms with van der Waals surface area (Å²) in [5.41, 5.74) is 0.161. The minimum atomic E-state index is -0.993. The molecule has 1 aromatic heterocycles. The summed E-state index contributed by atoms with van der Waals surface area (Å²) in [6.07, 6.45) is 3.34. The molecule has 0 spiro atoms. The molecule has 0 saturated carbocycles. The van der Waals surface area contributed by atoms with Gasteiger partial charge in [0.1, 0.15) is 0 Å². The van der Waals surface area contributed by atoms with Crippen molar-refractivity contribution in [2.45, 2.75) is 12.8 Å². The summed E-state index contributed by atoms with van der Waals surface area (Å²) in [4.78, 5) is 52.3. The first kappa shape index (κ1) is 16.5. The Morgan fingerprint density at radius 3 is 2.31 bits per heavy atom. The highest BCUT2D eigenvalue weighted by Crippen LogP contribution is 2.25. The standard InChI is InChI=1S/C17H13ClN4O4/c18-12-9-19-17(21-7-3-4-8-21)20-13(12)16(25)26-22-14(23)10-5-1-2-6-11(10)15(22)24/h1-2,5-6,9H,3-4,7-8H2. The van der Waals surface area contributed by atoms with Gasteiger partial charge in [0.2, 0.25) is 5.95 Å². The molecule has 0 aliphatic carbocycles. The maximum absolute atomic E-state index is 12.5. The Morgan fingerprint density at radius 1 is 1.08 bits per heavy atom. The molecule has 0 unspecified atom stereocenters. The van der Waals surface area contributed by atoms with Crippen molar-refractivity contribution >= 4 is 35.3 Å². The Morgan fingerprint density at radius 2 is 1.69 bits per heavy atom. The number of hydroxylamine groups is 2. The SMILES string of the molecule is O=C(ON1C(=O)c2ccccc2C1=O)c1nc(N2CCCC2)ncc1Cl. The predicted molar refractivity (Wildman–Crippen MR) is 90.8 cm³/mol. The highest BCUT2D eigenvalue weighted by molar-refractivity contribution is 6.33. The maximum Gasteiger partial charge on any atom is 0.383 e. The minimum absolute atomic E-state index is 0.0189. The summed E-state index contributed by atoms with van der Waals surface area (Å²) in [6.45, 7) is 1.57. The average molecular weight is 373 g/mol. The summed E-state index contributed by atoms with van der Waals surface area (Å²) in [5, 5.41) is 0.413. The van der Waals surface area contributed by atoms with Crippen molar-refractivity contribution in [3.8, 4) is 0 Å². The normalized spacial score (nSPS) is 16.2. The lowest BCUT2D eigenvalue weighted by Crippen LogP contribution is -2.33. The van der Waals surface area contributed by atoms with Gasteiger partial charge in [-0.1, -0.05) is 28.8 Å². The van der Waals surface area contributed by atoms with Crippen LogP contribution >= 0.6 is 11.6 Å². The van der Waals surface area contributed by atoms with Crippen molar-refractivity contribution in [3.63, 3.8) is 0 Å². The van der Waals surface area contributed by atoms with Gasteiger partial charge in [-0.05, 0) is 25.0 Å². The zero-order valence-corrected chi connectivity index (χ0v) is 14.3. The number of halogens is 1. The second-order valence-corrected chi connectivity index (χ2v) is 6.30. The number of anilines is 1. The summed E-state index contributed by atoms with van der Waals surface area (Å²) >= 11 is 6.01. The van der Waals surface area contributed by atoms with E-state index in [0.29, 0.717) is 11.0 Å². The zero-order chi connectivity index (χ0) is 18.3. The monoisotopic (exact) mass is 372 g/mol. The van der Waals surface area contributed by atoms with Gasteiger partial charge in [-0.3, -0.25) is 9.59 Å². The Bertz CT molecular complexity index is 892. The van der Waals surface area contributed by atoms with Gasteiger partial charge in [0, 0.05) is 13.1 Å². The fraction of sp³-hybridized carbons (Fsp3) is 0.235. The lowest BCUT2D eigenvalue weighted by molar-refractivity contribution is -0.0588. The van der Waals surface area contributed by atoms with Gasteiger partial charge >= 0.3 is 5.97 Å². The number of carbonyl (C=O) groups is 3. The van der Waals surface area contributed by atoms with Crippen LogP contribution in [0, 0.1) is 0 Å². The fourth-order valence-corrected chi connectivity index (χ4v) is 3.11. The second-order valence-electron chi connectivity index (χ2n) is 5.89. The number of aromatic nitrogens is 2. The van der Waals surface area contributed by atoms with E-state index in [0.717, 1.165) is 25.9 Å². The van der Waals surface area contributed by atoms with Crippen LogP contribution in [0.4, 0.5) is 5.95 Å². The third kappa shape index (κ3) is 2.68. The van der Waals surface area contributed by atoms with Gasteiger partial charge in [0.15, 0.2) is 5.69 Å². The average Bonchev–Trinajstić information content (AvgIpc) is 3.26. The molecule has 8 nitrogen and oxygen atoms in total. The molecule has 2 aliphatic heterocycles. The van der Waals surface area contributed by atoms with Gasteiger partial charge in [0.25, 0.3) is 11.8 Å². The minimum Gasteiger partial charge on any atom is -0.341 e. The predicted octanol–water partition coefficient (Wildman–Crippen LogP) is 2.10. The lowest BCUT2D eigenvalue weighted by atomic mass is 10.1. The molecule has 4 rings (SSSR count). The lowest BCUT2D eigenvalue weighted by Gasteiger charge is -2.16. The van der Waals surface area contributed by atoms with Crippen molar-refractivity contribution in [1.82, 2.24) is 15.0 Å². The van der Waals surface area contributed by atoms with E-state index >= 15 is 0 Å². The molecule has 0 N–H and O–H groups in total. The van der Waals surface area contributed by atoms with Crippen LogP contribution in [0.2, 0.25) is 5.02 Å². The highest BCUT2D eigenvalue weighted by atomic mass is 35.5. The van der Waals surface area contributed by atoms with E-state index in [2.05, 4.69) is 9.97 Å². The number of hydrogen-bond donors (Lipinski definition) is 0. The van der Waals surface area contributed by atoms with Crippen LogP contribution in [0.5, 0.6) is 0 Å². The maximum atomic E-state index is 12.5. The number of benzene rings is 1. The molecule has 2 aliphatic rings. The fourth-order valence-electron chi connectivity index (χ4n) is 2.95. The number of rotatable bonds is 3. The van der Waals surface area contributed by atoms with Crippen LogP contribution in [0.3, 0.4) is 0 Å². The molecule has 0 atom stereocenters. The summed E-state index contributed by atoms with van der Waals surface area (Å²) < 4.78 is 0. The number of nitrogens with zero attached hydrogens (tertiary/aromatic N) is 4. The molecule has 2 amide bonds. The number of hydrogen-bond acceptors (Lipinski definition) is 7. The first-order valence-corrected chi connectivity index (χ1v) is 8.41. The van der Waals surface area contributed by atoms with Crippen LogP contribution in [-0.2, 0) is 4.84 Å². The Labute approximate surface area is 153 Å². The first-order chi connectivity index (χ1) is 12.6. The summed E-state index contributed by atoms with van der Waals surface area (Å²) in [5.74, 6) is -2.04. The van der Waals surface area contributed by atoms with Crippen molar-refractivity contribution in [1.29, 1.82) is 0 Å². The molecule has 132 valence electrons. The van der Waals surface area contributed by atoms with Gasteiger partial charge < -0.3 is 9.74 Å². The number of imide groups is 1. The topological polar surface area (TPSA) is 92.7 Å². The molecular formula is C17H13ClN4O4. The number of carbonyl (C=O) groups excluding carboxylic acids is 3. The number of amides is 2. The molecule has 3 heterocycles. The molecule has 1 saturated heterocycles. The van der Waals surface area contributed by atoms with Crippen LogP contribution in [0.25, 0.3) is 0 Å². The van der Waals surface area contributed by atoms with E-state index in [-0.39, 0.29) is 21.8 Å². The van der Waals surface area contributed by atoms with Crippen molar-refractivity contribution < 1.29 is 19.2 Å². The van der Waals surface area contributed by atoms with Crippen LogP contribution < -0.4 is 4.90 Å². The Hall–Kier alpha value is -3.00. The molecule has 1 fully saturated rings. The molecule has 9 heteroatoms. The molecule has 26 heavy (non-hydrogen) atoms. The third-order valence-electron chi connectivity index (χ3n) is 4.24. The van der Waals surface area contributed by atoms with E-state index in [1.54, 1.807) is 12.1 Å². The van der Waals surface area contributed by atoms with E-state index in [4.69, 9.17) is 16.4 Å². The highest BCUT2D eigenvalue weighted by Gasteiger charge is 2.39. The van der Waals surface area contributed by atoms with E-state index in [1.807, 2.05) is 4.90 Å². The smallest absolute Gasteiger partial charge is 0.341 e. The van der Waals surface area contributed by atoms with E-state index < -0.39 is 17.8 Å². The molecule has 2 aromatic rings. The van der Waals surface area contributed by atoms with Crippen molar-refractivity contribution in [3.05, 3.63) is 52.3 Å². The van der Waals surface area contributed by atoms with Gasteiger partial charge in [0.05, 0.1) is 22.3 Å². The number of fused-ring (bicyclic) bond motifs is 1. The molecular weight excluding hydrogens is 360 g/mol. The molecule has 0 bridgehead atoms. The molecule has 1 aromatic carbocycles. The van der Waals surface area contributed by atoms with E-state index in [1.165, 1.54) is 18.3 Å². The first-order valence-electron chi connectivity index (χ1n) is 8.04. The van der Waals surface area contributed by atoms with Crippen LogP contribution in [0.1, 0.15) is 44.0 Å². The Kier molecular flexibility index (Phi) is 4.04. The van der Waals surface area contributed by atoms with Crippen molar-refractivity contribution in [2.24, 2.45) is 0 Å².